The Morgan fingerprint density at radius 2 is 1.84 bits per heavy atom. The van der Waals surface area contributed by atoms with Gasteiger partial charge in [-0.3, -0.25) is 14.5 Å². The number of hydrogen-bond acceptors (Lipinski definition) is 4. The van der Waals surface area contributed by atoms with Gasteiger partial charge in [0, 0.05) is 12.1 Å². The van der Waals surface area contributed by atoms with E-state index >= 15 is 0 Å². The van der Waals surface area contributed by atoms with Crippen LogP contribution in [0.15, 0.2) is 65.3 Å². The molecule has 1 aliphatic rings. The summed E-state index contributed by atoms with van der Waals surface area (Å²) in [6, 6.07) is 15.3. The molecule has 7 heteroatoms. The van der Waals surface area contributed by atoms with Gasteiger partial charge in [-0.05, 0) is 30.7 Å². The molecule has 0 saturated carbocycles. The number of hydrogen-bond donors (Lipinski definition) is 1. The molecule has 0 atom stereocenters. The highest BCUT2D eigenvalue weighted by Gasteiger charge is 2.32. The average molecular weight is 440 g/mol. The molecule has 2 aromatic carbocycles. The van der Waals surface area contributed by atoms with Crippen LogP contribution in [0, 0.1) is 5.82 Å². The van der Waals surface area contributed by atoms with Crippen LogP contribution >= 0.6 is 11.8 Å². The highest BCUT2D eigenvalue weighted by atomic mass is 32.2. The van der Waals surface area contributed by atoms with Crippen LogP contribution in [0.5, 0.6) is 0 Å². The van der Waals surface area contributed by atoms with Gasteiger partial charge in [-0.25, -0.2) is 9.38 Å². The maximum atomic E-state index is 14.1. The lowest BCUT2D eigenvalue weighted by Gasteiger charge is -2.17. The zero-order valence-electron chi connectivity index (χ0n) is 17.5. The fourth-order valence-corrected chi connectivity index (χ4v) is 3.94. The number of rotatable bonds is 9. The van der Waals surface area contributed by atoms with Crippen LogP contribution in [0.2, 0.25) is 0 Å². The van der Waals surface area contributed by atoms with Crippen LogP contribution in [-0.4, -0.2) is 29.3 Å². The second kappa shape index (κ2) is 11.5. The number of carbonyl (C=O) groups excluding carboxylic acids is 2. The van der Waals surface area contributed by atoms with Crippen molar-refractivity contribution in [2.24, 2.45) is 4.99 Å². The summed E-state index contributed by atoms with van der Waals surface area (Å²) >= 11 is 1.19. The smallest absolute Gasteiger partial charge is 0.283 e. The van der Waals surface area contributed by atoms with E-state index in [1.165, 1.54) is 28.8 Å². The number of anilines is 1. The van der Waals surface area contributed by atoms with E-state index in [0.717, 1.165) is 25.7 Å². The van der Waals surface area contributed by atoms with Gasteiger partial charge in [0.15, 0.2) is 5.17 Å². The second-order valence-corrected chi connectivity index (χ2v) is 8.06. The first-order chi connectivity index (χ1) is 15.1. The molecule has 1 aliphatic heterocycles. The van der Waals surface area contributed by atoms with Gasteiger partial charge in [-0.2, -0.15) is 0 Å². The monoisotopic (exact) mass is 439 g/mol. The number of aliphatic imine (C=N–C) groups is 1. The lowest BCUT2D eigenvalue weighted by atomic mass is 10.1. The van der Waals surface area contributed by atoms with Gasteiger partial charge in [0.25, 0.3) is 5.91 Å². The Balaban J connectivity index is 1.73. The van der Waals surface area contributed by atoms with Crippen molar-refractivity contribution in [1.82, 2.24) is 5.32 Å². The molecule has 1 N–H and O–H groups in total. The summed E-state index contributed by atoms with van der Waals surface area (Å²) in [5.74, 6) is -0.725. The van der Waals surface area contributed by atoms with Crippen LogP contribution in [-0.2, 0) is 9.59 Å². The third kappa shape index (κ3) is 6.28. The van der Waals surface area contributed by atoms with E-state index in [-0.39, 0.29) is 23.3 Å². The molecule has 0 aromatic heterocycles. The van der Waals surface area contributed by atoms with Gasteiger partial charge in [0.1, 0.15) is 11.5 Å². The summed E-state index contributed by atoms with van der Waals surface area (Å²) in [5, 5.41) is 3.31. The van der Waals surface area contributed by atoms with Crippen molar-refractivity contribution in [2.75, 3.05) is 17.2 Å². The molecule has 0 bridgehead atoms. The number of thioether (sulfide) groups is 1. The van der Waals surface area contributed by atoms with Gasteiger partial charge in [0.05, 0.1) is 11.4 Å². The minimum atomic E-state index is -0.423. The Hall–Kier alpha value is -2.93. The molecule has 0 aliphatic carbocycles. The zero-order chi connectivity index (χ0) is 22.1. The number of amides is 2. The number of nitrogens with one attached hydrogen (secondary N) is 1. The molecule has 0 spiro atoms. The summed E-state index contributed by atoms with van der Waals surface area (Å²) in [7, 11) is 0. The fourth-order valence-electron chi connectivity index (χ4n) is 3.10. The van der Waals surface area contributed by atoms with Crippen molar-refractivity contribution in [2.45, 2.75) is 32.6 Å². The lowest BCUT2D eigenvalue weighted by Crippen LogP contribution is -2.32. The summed E-state index contributed by atoms with van der Waals surface area (Å²) in [6.07, 6.45) is 5.80. The van der Waals surface area contributed by atoms with Crippen LogP contribution in [0.1, 0.15) is 38.2 Å². The Morgan fingerprint density at radius 1 is 1.10 bits per heavy atom. The Bertz CT molecular complexity index is 976. The molecule has 2 aromatic rings. The van der Waals surface area contributed by atoms with E-state index in [4.69, 9.17) is 0 Å². The highest BCUT2D eigenvalue weighted by Crippen LogP contribution is 2.29. The van der Waals surface area contributed by atoms with E-state index in [1.807, 2.05) is 18.2 Å². The first kappa shape index (κ1) is 22.7. The zero-order valence-corrected chi connectivity index (χ0v) is 18.3. The fraction of sp³-hybridized carbons (Fsp3) is 0.292. The third-order valence-corrected chi connectivity index (χ3v) is 5.66. The molecule has 1 heterocycles. The summed E-state index contributed by atoms with van der Waals surface area (Å²) in [5.41, 5.74) is 1.07. The second-order valence-electron chi connectivity index (χ2n) is 7.12. The van der Waals surface area contributed by atoms with Crippen molar-refractivity contribution in [3.05, 3.63) is 71.7 Å². The molecular formula is C24H26FN3O2S. The van der Waals surface area contributed by atoms with E-state index in [9.17, 15) is 14.0 Å². The Labute approximate surface area is 186 Å². The number of halogens is 1. The van der Waals surface area contributed by atoms with Gasteiger partial charge in [-0.1, -0.05) is 74.3 Å². The quantitative estimate of drug-likeness (QED) is 0.442. The van der Waals surface area contributed by atoms with Gasteiger partial charge < -0.3 is 5.32 Å². The number of para-hydroxylation sites is 1. The van der Waals surface area contributed by atoms with E-state index in [1.54, 1.807) is 30.3 Å². The van der Waals surface area contributed by atoms with Gasteiger partial charge >= 0.3 is 0 Å². The predicted octanol–water partition coefficient (Wildman–Crippen LogP) is 5.00. The maximum absolute atomic E-state index is 14.1. The topological polar surface area (TPSA) is 61.8 Å². The first-order valence-electron chi connectivity index (χ1n) is 10.4. The van der Waals surface area contributed by atoms with Crippen molar-refractivity contribution in [3.8, 4) is 0 Å². The molecule has 0 radical (unpaired) electrons. The molecule has 0 fully saturated rings. The third-order valence-electron chi connectivity index (χ3n) is 4.73. The number of benzene rings is 2. The van der Waals surface area contributed by atoms with Crippen molar-refractivity contribution >= 4 is 40.5 Å². The van der Waals surface area contributed by atoms with E-state index < -0.39 is 5.82 Å². The van der Waals surface area contributed by atoms with E-state index in [0.29, 0.717) is 23.0 Å². The van der Waals surface area contributed by atoms with Crippen LogP contribution in [0.3, 0.4) is 0 Å². The maximum Gasteiger partial charge on any atom is 0.283 e. The Kier molecular flexibility index (Phi) is 8.41. The summed E-state index contributed by atoms with van der Waals surface area (Å²) in [6.45, 7) is 2.79. The first-order valence-corrected chi connectivity index (χ1v) is 11.4. The predicted molar refractivity (Wildman–Crippen MR) is 125 cm³/mol. The Morgan fingerprint density at radius 3 is 2.58 bits per heavy atom. The average Bonchev–Trinajstić information content (AvgIpc) is 3.09. The highest BCUT2D eigenvalue weighted by molar-refractivity contribution is 8.14. The molecule has 2 amide bonds. The molecule has 0 saturated heterocycles. The minimum absolute atomic E-state index is 0.101. The molecule has 3 rings (SSSR count). The number of nitrogens with zero attached hydrogens (tertiary/aromatic N) is 2. The lowest BCUT2D eigenvalue weighted by molar-refractivity contribution is -0.118. The van der Waals surface area contributed by atoms with Gasteiger partial charge in [-0.15, -0.1) is 0 Å². The van der Waals surface area contributed by atoms with Crippen molar-refractivity contribution in [1.29, 1.82) is 0 Å². The van der Waals surface area contributed by atoms with Crippen LogP contribution < -0.4 is 10.2 Å². The normalized spacial score (nSPS) is 14.8. The van der Waals surface area contributed by atoms with Crippen LogP contribution in [0.4, 0.5) is 10.1 Å². The largest absolute Gasteiger partial charge is 0.355 e. The van der Waals surface area contributed by atoms with Crippen molar-refractivity contribution < 1.29 is 14.0 Å². The molecule has 5 nitrogen and oxygen atoms in total. The number of carbonyl (C=O) groups is 2. The van der Waals surface area contributed by atoms with Crippen molar-refractivity contribution in [3.63, 3.8) is 0 Å². The standard InChI is InChI=1S/C24H26FN3O2S/c1-2-3-4-10-15-26-22(29)17-31-24-27-21(16-18-11-8-9-14-20(18)25)23(30)28(24)19-12-6-5-7-13-19/h5-9,11-14,16H,2-4,10,15,17H2,1H3,(H,26,29)/b21-16-. The molecular weight excluding hydrogens is 413 g/mol. The summed E-state index contributed by atoms with van der Waals surface area (Å²) < 4.78 is 14.1. The SMILES string of the molecule is CCCCCCNC(=O)CSC1=N/C(=C\c2ccccc2F)C(=O)N1c1ccccc1. The molecule has 31 heavy (non-hydrogen) atoms. The van der Waals surface area contributed by atoms with Gasteiger partial charge in [0.2, 0.25) is 5.91 Å². The van der Waals surface area contributed by atoms with Crippen LogP contribution in [0.25, 0.3) is 6.08 Å². The number of unbranched alkanes of at least 4 members (excludes halogenated alkanes) is 3. The minimum Gasteiger partial charge on any atom is -0.355 e. The molecule has 162 valence electrons. The summed E-state index contributed by atoms with van der Waals surface area (Å²) in [4.78, 5) is 31.2. The van der Waals surface area contributed by atoms with E-state index in [2.05, 4.69) is 17.2 Å². The molecule has 0 unspecified atom stereocenters. The number of amidine groups is 1.